The first-order valence-corrected chi connectivity index (χ1v) is 10.4. The van der Waals surface area contributed by atoms with Crippen molar-refractivity contribution in [3.8, 4) is 0 Å². The van der Waals surface area contributed by atoms with Crippen LogP contribution in [0.3, 0.4) is 0 Å². The smallest absolute Gasteiger partial charge is 0.191 e. The molecule has 0 amide bonds. The minimum absolute atomic E-state index is 0. The molecule has 6 heteroatoms. The molecule has 1 unspecified atom stereocenters. The van der Waals surface area contributed by atoms with E-state index in [2.05, 4.69) is 75.8 Å². The van der Waals surface area contributed by atoms with Gasteiger partial charge < -0.3 is 15.5 Å². The number of aliphatic imine (C=N–C) groups is 1. The molecule has 0 rings (SSSR count). The van der Waals surface area contributed by atoms with E-state index in [4.69, 9.17) is 4.99 Å². The van der Waals surface area contributed by atoms with Crippen LogP contribution < -0.4 is 10.6 Å². The third-order valence-corrected chi connectivity index (χ3v) is 4.69. The summed E-state index contributed by atoms with van der Waals surface area (Å²) < 4.78 is 0. The molecule has 0 aromatic carbocycles. The lowest BCUT2D eigenvalue weighted by Gasteiger charge is -2.30. The van der Waals surface area contributed by atoms with Crippen molar-refractivity contribution in [1.82, 2.24) is 20.4 Å². The van der Waals surface area contributed by atoms with Gasteiger partial charge in [-0.2, -0.15) is 0 Å². The fraction of sp³-hybridized carbons (Fsp3) is 0.950. The van der Waals surface area contributed by atoms with Gasteiger partial charge in [-0.1, -0.05) is 13.8 Å². The van der Waals surface area contributed by atoms with Gasteiger partial charge in [-0.15, -0.1) is 24.0 Å². The Bertz CT molecular complexity index is 335. The molecule has 0 saturated heterocycles. The third kappa shape index (κ3) is 13.1. The molecule has 0 aromatic heterocycles. The summed E-state index contributed by atoms with van der Waals surface area (Å²) in [6, 6.07) is 1.56. The van der Waals surface area contributed by atoms with Crippen molar-refractivity contribution in [1.29, 1.82) is 0 Å². The number of nitrogens with one attached hydrogen (secondary N) is 2. The summed E-state index contributed by atoms with van der Waals surface area (Å²) >= 11 is 0. The van der Waals surface area contributed by atoms with Gasteiger partial charge in [-0.25, -0.2) is 0 Å². The van der Waals surface area contributed by atoms with Crippen LogP contribution in [0.25, 0.3) is 0 Å². The Morgan fingerprint density at radius 1 is 0.923 bits per heavy atom. The first kappa shape index (κ1) is 28.1. The van der Waals surface area contributed by atoms with Gasteiger partial charge in [0.2, 0.25) is 0 Å². The largest absolute Gasteiger partial charge is 0.357 e. The number of nitrogens with zero attached hydrogens (tertiary/aromatic N) is 3. The van der Waals surface area contributed by atoms with Crippen molar-refractivity contribution in [2.75, 3.05) is 39.3 Å². The Kier molecular flexibility index (Phi) is 18.4. The van der Waals surface area contributed by atoms with Crippen LogP contribution in [0.2, 0.25) is 0 Å². The topological polar surface area (TPSA) is 42.9 Å². The first-order chi connectivity index (χ1) is 11.8. The monoisotopic (exact) mass is 483 g/mol. The Morgan fingerprint density at radius 3 is 1.96 bits per heavy atom. The second-order valence-corrected chi connectivity index (χ2v) is 7.40. The number of hydrogen-bond acceptors (Lipinski definition) is 3. The third-order valence-electron chi connectivity index (χ3n) is 4.69. The van der Waals surface area contributed by atoms with E-state index in [1.54, 1.807) is 0 Å². The predicted octanol–water partition coefficient (Wildman–Crippen LogP) is 3.79. The summed E-state index contributed by atoms with van der Waals surface area (Å²) in [6.45, 7) is 24.1. The maximum absolute atomic E-state index is 4.78. The fourth-order valence-electron chi connectivity index (χ4n) is 3.18. The van der Waals surface area contributed by atoms with E-state index in [1.165, 1.54) is 19.4 Å². The summed E-state index contributed by atoms with van der Waals surface area (Å²) in [6.07, 6.45) is 2.40. The lowest BCUT2D eigenvalue weighted by atomic mass is 10.2. The average Bonchev–Trinajstić information content (AvgIpc) is 2.54. The van der Waals surface area contributed by atoms with Crippen LogP contribution in [-0.4, -0.2) is 73.2 Å². The van der Waals surface area contributed by atoms with Crippen molar-refractivity contribution in [2.45, 2.75) is 86.4 Å². The number of halogens is 1. The zero-order valence-corrected chi connectivity index (χ0v) is 21.0. The lowest BCUT2D eigenvalue weighted by molar-refractivity contribution is 0.181. The summed E-state index contributed by atoms with van der Waals surface area (Å²) in [5.74, 6) is 0.949. The van der Waals surface area contributed by atoms with Crippen molar-refractivity contribution < 1.29 is 0 Å². The van der Waals surface area contributed by atoms with Gasteiger partial charge in [0.15, 0.2) is 5.96 Å². The second kappa shape index (κ2) is 17.0. The SMILES string of the molecule is CCNC(=NCCN(C(C)C)C(C)C)NC(C)CCCN(CC)CC.I. The standard InChI is InChI=1S/C20H45N5.HI/c1-9-21-20(22-14-16-25(17(4)5)18(6)7)23-19(8)13-12-15-24(10-2)11-3;/h17-19H,9-16H2,1-8H3,(H2,21,22,23);1H. The van der Waals surface area contributed by atoms with E-state index in [-0.39, 0.29) is 24.0 Å². The van der Waals surface area contributed by atoms with Crippen LogP contribution in [0.4, 0.5) is 0 Å². The highest BCUT2D eigenvalue weighted by molar-refractivity contribution is 14.0. The molecule has 0 fully saturated rings. The maximum Gasteiger partial charge on any atom is 0.191 e. The summed E-state index contributed by atoms with van der Waals surface area (Å²) in [5.41, 5.74) is 0. The molecule has 0 aliphatic rings. The molecule has 0 aromatic rings. The number of guanidine groups is 1. The Hall–Kier alpha value is -0.0800. The minimum atomic E-state index is 0. The molecular formula is C20H46IN5. The Morgan fingerprint density at radius 2 is 1.50 bits per heavy atom. The fourth-order valence-corrected chi connectivity index (χ4v) is 3.18. The highest BCUT2D eigenvalue weighted by Gasteiger charge is 2.12. The first-order valence-electron chi connectivity index (χ1n) is 10.4. The van der Waals surface area contributed by atoms with E-state index in [9.17, 15) is 0 Å². The zero-order valence-electron chi connectivity index (χ0n) is 18.6. The van der Waals surface area contributed by atoms with Gasteiger partial charge in [0, 0.05) is 31.2 Å². The van der Waals surface area contributed by atoms with Gasteiger partial charge in [0.25, 0.3) is 0 Å². The van der Waals surface area contributed by atoms with Crippen molar-refractivity contribution in [2.24, 2.45) is 4.99 Å². The highest BCUT2D eigenvalue weighted by atomic mass is 127. The van der Waals surface area contributed by atoms with Crippen LogP contribution in [0.1, 0.15) is 68.2 Å². The Balaban J connectivity index is 0. The van der Waals surface area contributed by atoms with Gasteiger partial charge in [0.1, 0.15) is 0 Å². The van der Waals surface area contributed by atoms with Crippen LogP contribution in [0, 0.1) is 0 Å². The van der Waals surface area contributed by atoms with Gasteiger partial charge in [-0.05, 0) is 74.0 Å². The molecule has 0 aliphatic heterocycles. The molecule has 158 valence electrons. The van der Waals surface area contributed by atoms with Crippen molar-refractivity contribution >= 4 is 29.9 Å². The van der Waals surface area contributed by atoms with Crippen LogP contribution in [-0.2, 0) is 0 Å². The molecule has 26 heavy (non-hydrogen) atoms. The molecule has 1 atom stereocenters. The van der Waals surface area contributed by atoms with Gasteiger partial charge in [-0.3, -0.25) is 9.89 Å². The second-order valence-electron chi connectivity index (χ2n) is 7.40. The van der Waals surface area contributed by atoms with Gasteiger partial charge >= 0.3 is 0 Å². The van der Waals surface area contributed by atoms with E-state index in [1.807, 2.05) is 0 Å². The van der Waals surface area contributed by atoms with Crippen molar-refractivity contribution in [3.05, 3.63) is 0 Å². The van der Waals surface area contributed by atoms with Crippen LogP contribution >= 0.6 is 24.0 Å². The maximum atomic E-state index is 4.78. The molecular weight excluding hydrogens is 437 g/mol. The highest BCUT2D eigenvalue weighted by Crippen LogP contribution is 2.04. The predicted molar refractivity (Wildman–Crippen MR) is 128 cm³/mol. The minimum Gasteiger partial charge on any atom is -0.357 e. The molecule has 0 aliphatic carbocycles. The van der Waals surface area contributed by atoms with E-state index in [0.29, 0.717) is 18.1 Å². The normalized spacial score (nSPS) is 13.5. The summed E-state index contributed by atoms with van der Waals surface area (Å²) in [7, 11) is 0. The van der Waals surface area contributed by atoms with Gasteiger partial charge in [0.05, 0.1) is 6.54 Å². The molecule has 2 N–H and O–H groups in total. The number of hydrogen-bond donors (Lipinski definition) is 2. The molecule has 0 heterocycles. The number of rotatable bonds is 13. The van der Waals surface area contributed by atoms with Crippen molar-refractivity contribution in [3.63, 3.8) is 0 Å². The molecule has 0 spiro atoms. The van der Waals surface area contributed by atoms with E-state index >= 15 is 0 Å². The zero-order chi connectivity index (χ0) is 19.2. The summed E-state index contributed by atoms with van der Waals surface area (Å²) in [5, 5.41) is 6.94. The molecule has 0 saturated carbocycles. The quantitative estimate of drug-likeness (QED) is 0.238. The molecule has 5 nitrogen and oxygen atoms in total. The summed E-state index contributed by atoms with van der Waals surface area (Å²) in [4.78, 5) is 9.75. The van der Waals surface area contributed by atoms with E-state index in [0.717, 1.165) is 38.7 Å². The Labute approximate surface area is 180 Å². The average molecular weight is 484 g/mol. The lowest BCUT2D eigenvalue weighted by Crippen LogP contribution is -2.43. The van der Waals surface area contributed by atoms with Crippen LogP contribution in [0.15, 0.2) is 4.99 Å². The molecule has 0 bridgehead atoms. The van der Waals surface area contributed by atoms with Crippen LogP contribution in [0.5, 0.6) is 0 Å². The van der Waals surface area contributed by atoms with E-state index < -0.39 is 0 Å². The molecule has 0 radical (unpaired) electrons.